The minimum atomic E-state index is -0.0483. The number of fused-ring (bicyclic) bond motifs is 2. The molecular weight excluding hydrogens is 634 g/mol. The number of aliphatic hydroxyl groups is 1. The van der Waals surface area contributed by atoms with Crippen molar-refractivity contribution in [2.24, 2.45) is 4.99 Å². The number of amides is 2. The quantitative estimate of drug-likeness (QED) is 0.221. The van der Waals surface area contributed by atoms with Crippen molar-refractivity contribution < 1.29 is 14.7 Å². The van der Waals surface area contributed by atoms with E-state index in [2.05, 4.69) is 30.0 Å². The first kappa shape index (κ1) is 32.3. The number of hydrogen-bond donors (Lipinski definition) is 3. The largest absolute Gasteiger partial charge is 0.394 e. The SMILES string of the molecule is CC1=C(c2nc(N)c3c(n2)N(Cc2ccccc2)C(=O)C3)CN=C1.Nc1nc(-c2ccn(CCO)n2)nc2c1CC(=O)N2Cc1ccccc1. The second-order valence-corrected chi connectivity index (χ2v) is 12.1. The smallest absolute Gasteiger partial charge is 0.233 e. The van der Waals surface area contributed by atoms with Crippen molar-refractivity contribution in [1.82, 2.24) is 29.7 Å². The standard InChI is InChI=1S/C18H18N6O2.C18H17N5O/c19-16-13-10-15(26)24(11-12-4-2-1-3-5-12)18(13)21-17(20-16)14-6-7-23(22-14)8-9-25;1-11-8-20-9-14(11)17-21-16(19)13-7-15(24)23(18(13)22-17)10-12-5-3-2-4-6-12/h1-7,25H,8-11H2,(H2,19,20,21);2-6,8H,7,9-10H2,1H3,(H2,19,21,22). The van der Waals surface area contributed by atoms with Crippen molar-refractivity contribution in [3.05, 3.63) is 107 Å². The molecule has 50 heavy (non-hydrogen) atoms. The molecule has 6 heterocycles. The molecule has 0 bridgehead atoms. The summed E-state index contributed by atoms with van der Waals surface area (Å²) in [7, 11) is 0. The van der Waals surface area contributed by atoms with Crippen LogP contribution in [0.5, 0.6) is 0 Å². The summed E-state index contributed by atoms with van der Waals surface area (Å²) in [5, 5.41) is 13.4. The number of nitrogens with two attached hydrogens (primary N) is 2. The van der Waals surface area contributed by atoms with Gasteiger partial charge in [0.1, 0.15) is 29.0 Å². The van der Waals surface area contributed by atoms with Gasteiger partial charge in [0.15, 0.2) is 11.6 Å². The molecule has 0 unspecified atom stereocenters. The maximum absolute atomic E-state index is 12.5. The van der Waals surface area contributed by atoms with Gasteiger partial charge < -0.3 is 16.6 Å². The van der Waals surface area contributed by atoms with Crippen molar-refractivity contribution >= 4 is 46.9 Å². The summed E-state index contributed by atoms with van der Waals surface area (Å²) in [6.07, 6.45) is 4.01. The van der Waals surface area contributed by atoms with E-state index >= 15 is 0 Å². The van der Waals surface area contributed by atoms with Crippen LogP contribution in [0.15, 0.2) is 83.5 Å². The van der Waals surface area contributed by atoms with Crippen LogP contribution < -0.4 is 21.3 Å². The van der Waals surface area contributed by atoms with Crippen LogP contribution in [0.25, 0.3) is 17.1 Å². The fraction of sp³-hybridized carbons (Fsp3) is 0.222. The lowest BCUT2D eigenvalue weighted by Gasteiger charge is -2.17. The van der Waals surface area contributed by atoms with Crippen LogP contribution in [0.3, 0.4) is 0 Å². The van der Waals surface area contributed by atoms with Gasteiger partial charge in [-0.15, -0.1) is 0 Å². The zero-order valence-corrected chi connectivity index (χ0v) is 27.4. The average molecular weight is 670 g/mol. The number of benzene rings is 2. The van der Waals surface area contributed by atoms with Crippen LogP contribution in [0.4, 0.5) is 23.3 Å². The molecule has 5 aromatic rings. The van der Waals surface area contributed by atoms with Crippen LogP contribution in [-0.2, 0) is 42.1 Å². The van der Waals surface area contributed by atoms with Gasteiger partial charge in [0.05, 0.1) is 45.6 Å². The highest BCUT2D eigenvalue weighted by Gasteiger charge is 2.34. The summed E-state index contributed by atoms with van der Waals surface area (Å²) in [6, 6.07) is 21.4. The third kappa shape index (κ3) is 6.43. The number of aliphatic hydroxyl groups excluding tert-OH is 1. The molecule has 5 N–H and O–H groups in total. The molecule has 0 fully saturated rings. The number of carbonyl (C=O) groups is 2. The molecule has 0 aliphatic carbocycles. The molecule has 14 nitrogen and oxygen atoms in total. The monoisotopic (exact) mass is 669 g/mol. The van der Waals surface area contributed by atoms with Gasteiger partial charge in [-0.3, -0.25) is 29.1 Å². The van der Waals surface area contributed by atoms with Gasteiger partial charge in [-0.05, 0) is 29.7 Å². The minimum Gasteiger partial charge on any atom is -0.394 e. The fourth-order valence-electron chi connectivity index (χ4n) is 6.03. The zero-order valence-electron chi connectivity index (χ0n) is 27.4. The predicted molar refractivity (Wildman–Crippen MR) is 190 cm³/mol. The molecule has 3 aliphatic heterocycles. The van der Waals surface area contributed by atoms with Crippen molar-refractivity contribution in [1.29, 1.82) is 0 Å². The van der Waals surface area contributed by atoms with Gasteiger partial charge in [-0.1, -0.05) is 60.7 Å². The second kappa shape index (κ2) is 13.7. The maximum Gasteiger partial charge on any atom is 0.233 e. The Labute approximate surface area is 287 Å². The summed E-state index contributed by atoms with van der Waals surface area (Å²) in [6.45, 7) is 3.83. The second-order valence-electron chi connectivity index (χ2n) is 12.1. The lowest BCUT2D eigenvalue weighted by molar-refractivity contribution is -0.118. The van der Waals surface area contributed by atoms with E-state index < -0.39 is 0 Å². The van der Waals surface area contributed by atoms with Crippen LogP contribution in [0, 0.1) is 0 Å². The molecule has 8 rings (SSSR count). The molecular formula is C36H35N11O3. The number of rotatable bonds is 8. The van der Waals surface area contributed by atoms with Gasteiger partial charge in [-0.2, -0.15) is 5.10 Å². The molecule has 2 amide bonds. The summed E-state index contributed by atoms with van der Waals surface area (Å²) in [4.78, 5) is 50.4. The first-order chi connectivity index (χ1) is 24.3. The lowest BCUT2D eigenvalue weighted by atomic mass is 10.1. The van der Waals surface area contributed by atoms with E-state index in [-0.39, 0.29) is 31.3 Å². The van der Waals surface area contributed by atoms with E-state index in [0.29, 0.717) is 72.4 Å². The van der Waals surface area contributed by atoms with E-state index in [4.69, 9.17) is 16.6 Å². The van der Waals surface area contributed by atoms with E-state index in [1.54, 1.807) is 26.7 Å². The molecule has 0 saturated heterocycles. The summed E-state index contributed by atoms with van der Waals surface area (Å²) < 4.78 is 1.61. The van der Waals surface area contributed by atoms with Gasteiger partial charge >= 0.3 is 0 Å². The lowest BCUT2D eigenvalue weighted by Crippen LogP contribution is -2.26. The Balaban J connectivity index is 0.000000157. The number of allylic oxidation sites excluding steroid dienone is 1. The highest BCUT2D eigenvalue weighted by Crippen LogP contribution is 2.35. The maximum atomic E-state index is 12.5. The van der Waals surface area contributed by atoms with Gasteiger partial charge in [0, 0.05) is 29.1 Å². The third-order valence-electron chi connectivity index (χ3n) is 8.65. The average Bonchev–Trinajstić information content (AvgIpc) is 3.90. The Morgan fingerprint density at radius 1 is 0.740 bits per heavy atom. The van der Waals surface area contributed by atoms with Gasteiger partial charge in [-0.25, -0.2) is 19.9 Å². The molecule has 3 aromatic heterocycles. The summed E-state index contributed by atoms with van der Waals surface area (Å²) >= 11 is 0. The highest BCUT2D eigenvalue weighted by molar-refractivity contribution is 6.03. The molecule has 0 saturated carbocycles. The van der Waals surface area contributed by atoms with Crippen molar-refractivity contribution in [3.63, 3.8) is 0 Å². The van der Waals surface area contributed by atoms with Gasteiger partial charge in [0.25, 0.3) is 0 Å². The molecule has 3 aliphatic rings. The summed E-state index contributed by atoms with van der Waals surface area (Å²) in [5.74, 6) is 2.72. The molecule has 252 valence electrons. The zero-order chi connectivity index (χ0) is 34.8. The van der Waals surface area contributed by atoms with Gasteiger partial charge in [0.2, 0.25) is 11.8 Å². The topological polar surface area (TPSA) is 195 Å². The van der Waals surface area contributed by atoms with E-state index in [9.17, 15) is 9.59 Å². The Morgan fingerprint density at radius 3 is 1.80 bits per heavy atom. The molecule has 0 radical (unpaired) electrons. The Hall–Kier alpha value is -6.28. The number of nitrogen functional groups attached to an aromatic ring is 2. The molecule has 14 heteroatoms. The predicted octanol–water partition coefficient (Wildman–Crippen LogP) is 3.01. The molecule has 0 atom stereocenters. The number of nitrogens with zero attached hydrogens (tertiary/aromatic N) is 9. The first-order valence-corrected chi connectivity index (χ1v) is 16.1. The van der Waals surface area contributed by atoms with Crippen molar-refractivity contribution in [2.45, 2.75) is 39.4 Å². The number of anilines is 4. The Kier molecular flexibility index (Phi) is 8.83. The Bertz CT molecular complexity index is 2150. The van der Waals surface area contributed by atoms with Crippen LogP contribution in [0.2, 0.25) is 0 Å². The molecule has 0 spiro atoms. The minimum absolute atomic E-state index is 0.000349. The number of carbonyl (C=O) groups excluding carboxylic acids is 2. The summed E-state index contributed by atoms with van der Waals surface area (Å²) in [5.41, 5.74) is 18.2. The van der Waals surface area contributed by atoms with Crippen LogP contribution >= 0.6 is 0 Å². The Morgan fingerprint density at radius 2 is 1.28 bits per heavy atom. The number of hydrogen-bond acceptors (Lipinski definition) is 11. The highest BCUT2D eigenvalue weighted by atomic mass is 16.3. The third-order valence-corrected chi connectivity index (χ3v) is 8.65. The van der Waals surface area contributed by atoms with Crippen LogP contribution in [0.1, 0.15) is 35.0 Å². The van der Waals surface area contributed by atoms with E-state index in [0.717, 1.165) is 27.8 Å². The normalized spacial score (nSPS) is 14.7. The first-order valence-electron chi connectivity index (χ1n) is 16.1. The van der Waals surface area contributed by atoms with Crippen molar-refractivity contribution in [2.75, 3.05) is 34.4 Å². The van der Waals surface area contributed by atoms with Crippen molar-refractivity contribution in [3.8, 4) is 11.5 Å². The molecule has 2 aromatic carbocycles. The number of aromatic nitrogens is 6. The fourth-order valence-corrected chi connectivity index (χ4v) is 6.03. The van der Waals surface area contributed by atoms with Crippen LogP contribution in [-0.4, -0.2) is 66.0 Å². The van der Waals surface area contributed by atoms with E-state index in [1.807, 2.05) is 73.8 Å². The van der Waals surface area contributed by atoms with E-state index in [1.165, 1.54) is 0 Å². The number of aliphatic imine (C=N–C) groups is 1.